The number of rotatable bonds is 6. The van der Waals surface area contributed by atoms with E-state index in [1.807, 2.05) is 0 Å². The first-order chi connectivity index (χ1) is 13.3. The Kier molecular flexibility index (Phi) is 5.79. The summed E-state index contributed by atoms with van der Waals surface area (Å²) in [6.45, 7) is 3.34. The minimum Gasteiger partial charge on any atom is -0.284 e. The highest BCUT2D eigenvalue weighted by atomic mass is 32.2. The average molecular weight is 403 g/mol. The molecule has 1 aliphatic heterocycles. The summed E-state index contributed by atoms with van der Waals surface area (Å²) in [6.07, 6.45) is 0.809. The van der Waals surface area contributed by atoms with E-state index in [1.54, 1.807) is 50.2 Å². The van der Waals surface area contributed by atoms with Crippen molar-refractivity contribution < 1.29 is 17.6 Å². The normalized spacial score (nSPS) is 16.8. The molecule has 6 nitrogen and oxygen atoms in total. The summed E-state index contributed by atoms with van der Waals surface area (Å²) >= 11 is 0. The molecular weight excluding hydrogens is 381 g/mol. The molecule has 3 rings (SSSR count). The van der Waals surface area contributed by atoms with Crippen molar-refractivity contribution in [2.24, 2.45) is 5.10 Å². The maximum atomic E-state index is 13.3. The molecule has 1 amide bonds. The molecule has 0 aromatic heterocycles. The lowest BCUT2D eigenvalue weighted by atomic mass is 9.98. The number of carbonyl (C=O) groups excluding carboxylic acids is 1. The molecule has 1 heterocycles. The minimum absolute atomic E-state index is 0.00506. The number of nitrogens with one attached hydrogen (secondary N) is 1. The van der Waals surface area contributed by atoms with Crippen molar-refractivity contribution in [1.82, 2.24) is 5.01 Å². The molecule has 1 unspecified atom stereocenters. The van der Waals surface area contributed by atoms with E-state index in [4.69, 9.17) is 0 Å². The first kappa shape index (κ1) is 20.0. The van der Waals surface area contributed by atoms with Crippen molar-refractivity contribution in [3.63, 3.8) is 0 Å². The van der Waals surface area contributed by atoms with E-state index in [0.717, 1.165) is 16.8 Å². The van der Waals surface area contributed by atoms with Gasteiger partial charge in [0.1, 0.15) is 5.82 Å². The summed E-state index contributed by atoms with van der Waals surface area (Å²) < 4.78 is 39.1. The number of anilines is 1. The molecule has 1 atom stereocenters. The highest BCUT2D eigenvalue weighted by molar-refractivity contribution is 7.92. The van der Waals surface area contributed by atoms with E-state index in [-0.39, 0.29) is 23.5 Å². The Labute approximate surface area is 164 Å². The first-order valence-electron chi connectivity index (χ1n) is 9.09. The second-order valence-electron chi connectivity index (χ2n) is 6.49. The zero-order valence-electron chi connectivity index (χ0n) is 15.7. The van der Waals surface area contributed by atoms with E-state index in [0.29, 0.717) is 18.5 Å². The van der Waals surface area contributed by atoms with Gasteiger partial charge < -0.3 is 0 Å². The predicted molar refractivity (Wildman–Crippen MR) is 107 cm³/mol. The molecule has 1 aliphatic rings. The van der Waals surface area contributed by atoms with E-state index in [9.17, 15) is 17.6 Å². The molecule has 0 aliphatic carbocycles. The number of carbonyl (C=O) groups is 1. The van der Waals surface area contributed by atoms with Crippen LogP contribution >= 0.6 is 0 Å². The van der Waals surface area contributed by atoms with Gasteiger partial charge in [0, 0.05) is 18.5 Å². The van der Waals surface area contributed by atoms with Gasteiger partial charge >= 0.3 is 0 Å². The molecule has 148 valence electrons. The molecular formula is C20H22FN3O3S. The zero-order chi connectivity index (χ0) is 20.3. The second-order valence-corrected chi connectivity index (χ2v) is 8.50. The number of hydrogen-bond acceptors (Lipinski definition) is 4. The summed E-state index contributed by atoms with van der Waals surface area (Å²) in [5, 5.41) is 5.95. The van der Waals surface area contributed by atoms with Gasteiger partial charge in [0.15, 0.2) is 0 Å². The van der Waals surface area contributed by atoms with Crippen molar-refractivity contribution in [3.05, 3.63) is 65.5 Å². The van der Waals surface area contributed by atoms with Crippen LogP contribution in [0, 0.1) is 5.82 Å². The lowest BCUT2D eigenvalue weighted by molar-refractivity contribution is -0.132. The monoisotopic (exact) mass is 403 g/mol. The van der Waals surface area contributed by atoms with Crippen LogP contribution in [-0.2, 0) is 14.8 Å². The van der Waals surface area contributed by atoms with Crippen molar-refractivity contribution >= 4 is 27.3 Å². The average Bonchev–Trinajstić information content (AvgIpc) is 3.13. The van der Waals surface area contributed by atoms with Gasteiger partial charge in [-0.15, -0.1) is 0 Å². The van der Waals surface area contributed by atoms with Crippen LogP contribution in [0.1, 0.15) is 43.9 Å². The van der Waals surface area contributed by atoms with Gasteiger partial charge in [-0.2, -0.15) is 5.10 Å². The van der Waals surface area contributed by atoms with Gasteiger partial charge in [0.05, 0.1) is 17.5 Å². The van der Waals surface area contributed by atoms with Crippen LogP contribution in [0.3, 0.4) is 0 Å². The van der Waals surface area contributed by atoms with Crippen molar-refractivity contribution in [2.45, 2.75) is 32.7 Å². The van der Waals surface area contributed by atoms with E-state index < -0.39 is 10.0 Å². The Morgan fingerprint density at radius 3 is 2.36 bits per heavy atom. The smallest absolute Gasteiger partial charge is 0.242 e. The lowest BCUT2D eigenvalue weighted by Gasteiger charge is -2.21. The van der Waals surface area contributed by atoms with Crippen LogP contribution in [0.15, 0.2) is 53.6 Å². The van der Waals surface area contributed by atoms with Crippen LogP contribution in [0.25, 0.3) is 0 Å². The largest absolute Gasteiger partial charge is 0.284 e. The predicted octanol–water partition coefficient (Wildman–Crippen LogP) is 3.68. The summed E-state index contributed by atoms with van der Waals surface area (Å²) in [6, 6.07) is 12.7. The van der Waals surface area contributed by atoms with Gasteiger partial charge in [-0.1, -0.05) is 31.2 Å². The fraction of sp³-hybridized carbons (Fsp3) is 0.300. The number of sulfonamides is 1. The lowest BCUT2D eigenvalue weighted by Crippen LogP contribution is -2.26. The number of hydrazone groups is 1. The van der Waals surface area contributed by atoms with E-state index in [2.05, 4.69) is 9.82 Å². The van der Waals surface area contributed by atoms with Gasteiger partial charge in [-0.3, -0.25) is 9.52 Å². The third-order valence-corrected chi connectivity index (χ3v) is 5.90. The third kappa shape index (κ3) is 4.39. The summed E-state index contributed by atoms with van der Waals surface area (Å²) in [4.78, 5) is 12.4. The zero-order valence-corrected chi connectivity index (χ0v) is 16.5. The number of hydrogen-bond donors (Lipinski definition) is 1. The summed E-state index contributed by atoms with van der Waals surface area (Å²) in [7, 11) is -3.34. The van der Waals surface area contributed by atoms with Gasteiger partial charge in [-0.05, 0) is 42.3 Å². The summed E-state index contributed by atoms with van der Waals surface area (Å²) in [5.74, 6) is -0.451. The third-order valence-electron chi connectivity index (χ3n) is 4.59. The van der Waals surface area contributed by atoms with Crippen LogP contribution in [0.2, 0.25) is 0 Å². The topological polar surface area (TPSA) is 78.8 Å². The Hall–Kier alpha value is -2.74. The van der Waals surface area contributed by atoms with Gasteiger partial charge in [-0.25, -0.2) is 17.8 Å². The van der Waals surface area contributed by atoms with Crippen molar-refractivity contribution in [1.29, 1.82) is 0 Å². The Morgan fingerprint density at radius 2 is 1.79 bits per heavy atom. The highest BCUT2D eigenvalue weighted by Crippen LogP contribution is 2.33. The molecule has 0 spiro atoms. The number of amides is 1. The molecule has 2 aromatic rings. The van der Waals surface area contributed by atoms with Gasteiger partial charge in [0.25, 0.3) is 0 Å². The second kappa shape index (κ2) is 8.10. The van der Waals surface area contributed by atoms with Crippen LogP contribution in [0.5, 0.6) is 0 Å². The molecule has 1 N–H and O–H groups in total. The van der Waals surface area contributed by atoms with Crippen LogP contribution in [-0.4, -0.2) is 30.8 Å². The molecule has 0 saturated heterocycles. The molecule has 0 bridgehead atoms. The standard InChI is InChI=1S/C20H22FN3O3S/c1-3-20(25)24-19(15-5-9-16(21)10-6-15)13-18(22-24)14-7-11-17(12-8-14)23-28(26,27)4-2/h5-12,19,23H,3-4,13H2,1-2H3. The molecule has 28 heavy (non-hydrogen) atoms. The molecule has 8 heteroatoms. The van der Waals surface area contributed by atoms with Crippen LogP contribution in [0.4, 0.5) is 10.1 Å². The SMILES string of the molecule is CCC(=O)N1N=C(c2ccc(NS(=O)(=O)CC)cc2)CC1c1ccc(F)cc1. The number of benzene rings is 2. The quantitative estimate of drug-likeness (QED) is 0.799. The minimum atomic E-state index is -3.34. The van der Waals surface area contributed by atoms with Crippen LogP contribution < -0.4 is 4.72 Å². The van der Waals surface area contributed by atoms with Crippen molar-refractivity contribution in [2.75, 3.05) is 10.5 Å². The van der Waals surface area contributed by atoms with Gasteiger partial charge in [0.2, 0.25) is 15.9 Å². The van der Waals surface area contributed by atoms with Crippen molar-refractivity contribution in [3.8, 4) is 0 Å². The summed E-state index contributed by atoms with van der Waals surface area (Å²) in [5.41, 5.74) is 2.81. The number of halogens is 1. The fourth-order valence-corrected chi connectivity index (χ4v) is 3.64. The van der Waals surface area contributed by atoms with E-state index in [1.165, 1.54) is 17.1 Å². The molecule has 2 aromatic carbocycles. The first-order valence-corrected chi connectivity index (χ1v) is 10.7. The Bertz CT molecular complexity index is 986. The maximum Gasteiger partial charge on any atom is 0.242 e. The number of nitrogens with zero attached hydrogens (tertiary/aromatic N) is 2. The highest BCUT2D eigenvalue weighted by Gasteiger charge is 2.32. The molecule has 0 saturated carbocycles. The molecule has 0 radical (unpaired) electrons. The fourth-order valence-electron chi connectivity index (χ4n) is 3.00. The molecule has 0 fully saturated rings. The Balaban J connectivity index is 1.85. The Morgan fingerprint density at radius 1 is 1.14 bits per heavy atom. The van der Waals surface area contributed by atoms with E-state index >= 15 is 0 Å². The maximum absolute atomic E-state index is 13.3.